The summed E-state index contributed by atoms with van der Waals surface area (Å²) in [5.41, 5.74) is 2.85. The summed E-state index contributed by atoms with van der Waals surface area (Å²) in [6, 6.07) is 18.4. The van der Waals surface area contributed by atoms with E-state index in [9.17, 15) is 20.1 Å². The Hall–Kier alpha value is -3.65. The molecule has 0 bridgehead atoms. The van der Waals surface area contributed by atoms with Gasteiger partial charge in [-0.2, -0.15) is 0 Å². The summed E-state index contributed by atoms with van der Waals surface area (Å²) in [5.74, 6) is -0.0460. The van der Waals surface area contributed by atoms with Gasteiger partial charge in [-0.3, -0.25) is 0 Å². The maximum atomic E-state index is 11.9. The second kappa shape index (κ2) is 9.92. The quantitative estimate of drug-likeness (QED) is 0.343. The third-order valence-corrected chi connectivity index (χ3v) is 6.36. The van der Waals surface area contributed by atoms with Crippen molar-refractivity contribution in [1.29, 1.82) is 0 Å². The predicted molar refractivity (Wildman–Crippen MR) is 129 cm³/mol. The van der Waals surface area contributed by atoms with Gasteiger partial charge < -0.3 is 29.2 Å². The Balaban J connectivity index is 1.43. The molecule has 1 aliphatic rings. The molecule has 1 aromatic heterocycles. The van der Waals surface area contributed by atoms with Gasteiger partial charge in [0.25, 0.3) is 0 Å². The van der Waals surface area contributed by atoms with Crippen molar-refractivity contribution < 1.29 is 34.0 Å². The lowest BCUT2D eigenvalue weighted by atomic mass is 9.92. The average molecular weight is 475 g/mol. The molecule has 0 radical (unpaired) electrons. The monoisotopic (exact) mass is 474 g/mol. The standard InChI is InChI=1S/C28H26O7/c29-15-24-23(28(31)32)13-19-12-21(6-7-22(19)27(24)25-5-2-9-33-25)35-16-17-3-1-4-18(11-17)26-14-20(30)8-10-34-26/h1-7,9,11-13,20,26,29-30H,8,10,14-16H2,(H,31,32). The van der Waals surface area contributed by atoms with Crippen molar-refractivity contribution in [2.75, 3.05) is 6.61 Å². The molecule has 2 unspecified atom stereocenters. The smallest absolute Gasteiger partial charge is 0.336 e. The number of carboxylic acid groups (broad SMARTS) is 1. The molecule has 0 aliphatic carbocycles. The number of ether oxygens (including phenoxy) is 2. The van der Waals surface area contributed by atoms with Crippen molar-refractivity contribution in [2.45, 2.75) is 38.3 Å². The number of aromatic carboxylic acids is 1. The van der Waals surface area contributed by atoms with Gasteiger partial charge in [-0.15, -0.1) is 0 Å². The zero-order valence-electron chi connectivity index (χ0n) is 19.0. The minimum absolute atomic E-state index is 0.0194. The van der Waals surface area contributed by atoms with Crippen LogP contribution in [0.1, 0.15) is 46.0 Å². The molecule has 1 saturated heterocycles. The van der Waals surface area contributed by atoms with Gasteiger partial charge in [0.1, 0.15) is 18.1 Å². The molecule has 1 fully saturated rings. The SMILES string of the molecule is O=C(O)c1cc2cc(OCc3cccc(C4CC(O)CCO4)c3)ccc2c(-c2ccco2)c1CO. The lowest BCUT2D eigenvalue weighted by Gasteiger charge is -2.27. The third kappa shape index (κ3) is 4.79. The normalized spacial score (nSPS) is 18.0. The molecule has 4 aromatic rings. The Morgan fingerprint density at radius 1 is 1.09 bits per heavy atom. The summed E-state index contributed by atoms with van der Waals surface area (Å²) in [6.45, 7) is 0.435. The zero-order chi connectivity index (χ0) is 24.4. The highest BCUT2D eigenvalue weighted by atomic mass is 16.5. The molecule has 0 amide bonds. The van der Waals surface area contributed by atoms with Gasteiger partial charge >= 0.3 is 5.97 Å². The number of aliphatic hydroxyl groups is 2. The Labute approximate surface area is 202 Å². The van der Waals surface area contributed by atoms with E-state index < -0.39 is 12.6 Å². The molecule has 0 spiro atoms. The van der Waals surface area contributed by atoms with Crippen LogP contribution >= 0.6 is 0 Å². The molecule has 7 heteroatoms. The molecule has 35 heavy (non-hydrogen) atoms. The van der Waals surface area contributed by atoms with E-state index in [4.69, 9.17) is 13.9 Å². The minimum atomic E-state index is -1.12. The van der Waals surface area contributed by atoms with Crippen LogP contribution in [0.4, 0.5) is 0 Å². The zero-order valence-corrected chi connectivity index (χ0v) is 19.0. The first-order valence-corrected chi connectivity index (χ1v) is 11.5. The molecule has 2 atom stereocenters. The highest BCUT2D eigenvalue weighted by Crippen LogP contribution is 2.37. The fourth-order valence-corrected chi connectivity index (χ4v) is 4.64. The molecule has 180 valence electrons. The first-order valence-electron chi connectivity index (χ1n) is 11.5. The van der Waals surface area contributed by atoms with Crippen LogP contribution in [-0.2, 0) is 18.0 Å². The number of benzene rings is 3. The van der Waals surface area contributed by atoms with Gasteiger partial charge in [-0.1, -0.05) is 18.2 Å². The largest absolute Gasteiger partial charge is 0.489 e. The first kappa shape index (κ1) is 23.1. The molecular weight excluding hydrogens is 448 g/mol. The van der Waals surface area contributed by atoms with Crippen molar-refractivity contribution in [2.24, 2.45) is 0 Å². The van der Waals surface area contributed by atoms with Gasteiger partial charge in [0, 0.05) is 24.2 Å². The van der Waals surface area contributed by atoms with Crippen molar-refractivity contribution in [1.82, 2.24) is 0 Å². The van der Waals surface area contributed by atoms with Crippen LogP contribution in [-0.4, -0.2) is 34.0 Å². The van der Waals surface area contributed by atoms with E-state index in [0.717, 1.165) is 16.5 Å². The summed E-state index contributed by atoms with van der Waals surface area (Å²) in [6.07, 6.45) is 2.27. The number of carboxylic acids is 1. The highest BCUT2D eigenvalue weighted by Gasteiger charge is 2.23. The van der Waals surface area contributed by atoms with E-state index >= 15 is 0 Å². The van der Waals surface area contributed by atoms with Gasteiger partial charge in [0.05, 0.1) is 30.6 Å². The van der Waals surface area contributed by atoms with Crippen molar-refractivity contribution in [3.63, 3.8) is 0 Å². The van der Waals surface area contributed by atoms with Crippen molar-refractivity contribution in [3.8, 4) is 17.1 Å². The summed E-state index contributed by atoms with van der Waals surface area (Å²) in [7, 11) is 0. The number of furan rings is 1. The Morgan fingerprint density at radius 3 is 2.71 bits per heavy atom. The van der Waals surface area contributed by atoms with Gasteiger partial charge in [0.15, 0.2) is 0 Å². The Morgan fingerprint density at radius 2 is 1.97 bits per heavy atom. The van der Waals surface area contributed by atoms with Crippen LogP contribution in [0.3, 0.4) is 0 Å². The summed E-state index contributed by atoms with van der Waals surface area (Å²) in [5, 5.41) is 31.1. The van der Waals surface area contributed by atoms with E-state index in [2.05, 4.69) is 0 Å². The maximum absolute atomic E-state index is 11.9. The minimum Gasteiger partial charge on any atom is -0.489 e. The number of aliphatic hydroxyl groups excluding tert-OH is 2. The molecule has 5 rings (SSSR count). The van der Waals surface area contributed by atoms with Crippen molar-refractivity contribution >= 4 is 16.7 Å². The van der Waals surface area contributed by atoms with Gasteiger partial charge in [0.2, 0.25) is 0 Å². The van der Waals surface area contributed by atoms with Crippen LogP contribution < -0.4 is 4.74 Å². The maximum Gasteiger partial charge on any atom is 0.336 e. The predicted octanol–water partition coefficient (Wildman–Crippen LogP) is 5.08. The fourth-order valence-electron chi connectivity index (χ4n) is 4.64. The van der Waals surface area contributed by atoms with Crippen LogP contribution in [0.2, 0.25) is 0 Å². The average Bonchev–Trinajstić information content (AvgIpc) is 3.41. The number of fused-ring (bicyclic) bond motifs is 1. The Kier molecular flexibility index (Phi) is 6.55. The number of rotatable bonds is 7. The fraction of sp³-hybridized carbons (Fsp3) is 0.250. The summed E-state index contributed by atoms with van der Waals surface area (Å²) < 4.78 is 17.4. The van der Waals surface area contributed by atoms with E-state index in [1.54, 1.807) is 24.3 Å². The number of carbonyl (C=O) groups is 1. The topological polar surface area (TPSA) is 109 Å². The van der Waals surface area contributed by atoms with E-state index in [1.165, 1.54) is 6.26 Å². The van der Waals surface area contributed by atoms with Crippen LogP contribution in [0.25, 0.3) is 22.1 Å². The van der Waals surface area contributed by atoms with Crippen molar-refractivity contribution in [3.05, 3.63) is 89.2 Å². The molecular formula is C28H26O7. The van der Waals surface area contributed by atoms with E-state index in [-0.39, 0.29) is 17.8 Å². The molecule has 3 aromatic carbocycles. The number of hydrogen-bond acceptors (Lipinski definition) is 6. The highest BCUT2D eigenvalue weighted by molar-refractivity contribution is 6.04. The lowest BCUT2D eigenvalue weighted by molar-refractivity contribution is -0.0448. The Bertz CT molecular complexity index is 1340. The molecule has 3 N–H and O–H groups in total. The van der Waals surface area contributed by atoms with E-state index in [0.29, 0.717) is 54.1 Å². The number of hydrogen-bond donors (Lipinski definition) is 3. The molecule has 1 aliphatic heterocycles. The summed E-state index contributed by atoms with van der Waals surface area (Å²) >= 11 is 0. The lowest BCUT2D eigenvalue weighted by Crippen LogP contribution is -2.23. The van der Waals surface area contributed by atoms with Crippen LogP contribution in [0, 0.1) is 0 Å². The van der Waals surface area contributed by atoms with E-state index in [1.807, 2.05) is 36.4 Å². The molecule has 7 nitrogen and oxygen atoms in total. The van der Waals surface area contributed by atoms with Crippen LogP contribution in [0.5, 0.6) is 5.75 Å². The van der Waals surface area contributed by atoms with Gasteiger partial charge in [-0.05, 0) is 70.8 Å². The molecule has 0 saturated carbocycles. The van der Waals surface area contributed by atoms with Gasteiger partial charge in [-0.25, -0.2) is 4.79 Å². The second-order valence-corrected chi connectivity index (χ2v) is 8.67. The van der Waals surface area contributed by atoms with Crippen LogP contribution in [0.15, 0.2) is 71.3 Å². The second-order valence-electron chi connectivity index (χ2n) is 8.67. The summed E-state index contributed by atoms with van der Waals surface area (Å²) in [4.78, 5) is 11.9. The molecule has 2 heterocycles. The first-order chi connectivity index (χ1) is 17.0. The third-order valence-electron chi connectivity index (χ3n) is 6.36.